The van der Waals surface area contributed by atoms with Crippen LogP contribution in [0.4, 0.5) is 5.69 Å². The molecule has 182 valence electrons. The maximum atomic E-state index is 13.7. The van der Waals surface area contributed by atoms with Crippen LogP contribution >= 0.6 is 11.6 Å². The number of halogens is 1. The zero-order valence-corrected chi connectivity index (χ0v) is 20.4. The molecule has 1 aromatic heterocycles. The maximum absolute atomic E-state index is 13.7. The van der Waals surface area contributed by atoms with Crippen molar-refractivity contribution in [1.29, 1.82) is 0 Å². The van der Waals surface area contributed by atoms with Gasteiger partial charge in [0.2, 0.25) is 5.91 Å². The van der Waals surface area contributed by atoms with Crippen LogP contribution < -0.4 is 10.1 Å². The summed E-state index contributed by atoms with van der Waals surface area (Å²) >= 11 is 6.10. The van der Waals surface area contributed by atoms with Crippen molar-refractivity contribution in [2.75, 3.05) is 12.4 Å². The van der Waals surface area contributed by atoms with Crippen LogP contribution in [0.15, 0.2) is 60.9 Å². The Morgan fingerprint density at radius 1 is 1.11 bits per heavy atom. The zero-order valence-electron chi connectivity index (χ0n) is 19.7. The largest absolute Gasteiger partial charge is 0.494 e. The smallest absolute Gasteiger partial charge is 0.303 e. The van der Waals surface area contributed by atoms with Crippen molar-refractivity contribution in [2.24, 2.45) is 5.92 Å². The first-order valence-corrected chi connectivity index (χ1v) is 12.2. The Labute approximate surface area is 210 Å². The molecule has 6 nitrogen and oxygen atoms in total. The molecule has 2 aromatic carbocycles. The lowest BCUT2D eigenvalue weighted by Gasteiger charge is -2.24. The van der Waals surface area contributed by atoms with Crippen LogP contribution in [0.2, 0.25) is 5.02 Å². The lowest BCUT2D eigenvalue weighted by atomic mass is 9.83. The van der Waals surface area contributed by atoms with Gasteiger partial charge in [0.15, 0.2) is 0 Å². The average molecular weight is 493 g/mol. The highest BCUT2D eigenvalue weighted by Crippen LogP contribution is 2.40. The number of carbonyl (C=O) groups is 2. The summed E-state index contributed by atoms with van der Waals surface area (Å²) in [5.74, 6) is -0.482. The number of nitrogens with one attached hydrogen (secondary N) is 1. The highest BCUT2D eigenvalue weighted by atomic mass is 35.5. The Morgan fingerprint density at radius 2 is 1.86 bits per heavy atom. The first kappa shape index (κ1) is 24.7. The number of nitrogens with zero attached hydrogens (tertiary/aromatic N) is 1. The number of rotatable bonds is 9. The normalized spacial score (nSPS) is 14.5. The Kier molecular flexibility index (Phi) is 8.03. The van der Waals surface area contributed by atoms with Crippen molar-refractivity contribution in [1.82, 2.24) is 4.98 Å². The van der Waals surface area contributed by atoms with Crippen molar-refractivity contribution >= 4 is 29.2 Å². The van der Waals surface area contributed by atoms with Gasteiger partial charge in [-0.2, -0.15) is 0 Å². The molecule has 0 radical (unpaired) electrons. The summed E-state index contributed by atoms with van der Waals surface area (Å²) in [5.41, 5.74) is 4.19. The fraction of sp³-hybridized carbons (Fsp3) is 0.321. The molecule has 7 heteroatoms. The van der Waals surface area contributed by atoms with Crippen LogP contribution in [0.3, 0.4) is 0 Å². The van der Waals surface area contributed by atoms with E-state index >= 15 is 0 Å². The summed E-state index contributed by atoms with van der Waals surface area (Å²) in [4.78, 5) is 28.9. The molecule has 0 saturated heterocycles. The molecular weight excluding hydrogens is 464 g/mol. The molecule has 3 aromatic rings. The fourth-order valence-electron chi connectivity index (χ4n) is 4.95. The van der Waals surface area contributed by atoms with Gasteiger partial charge in [-0.1, -0.05) is 60.8 Å². The molecule has 0 aliphatic heterocycles. The lowest BCUT2D eigenvalue weighted by Crippen LogP contribution is -2.26. The van der Waals surface area contributed by atoms with Gasteiger partial charge in [0.25, 0.3) is 0 Å². The molecule has 1 saturated carbocycles. The van der Waals surface area contributed by atoms with Gasteiger partial charge < -0.3 is 15.2 Å². The molecule has 0 bridgehead atoms. The van der Waals surface area contributed by atoms with Gasteiger partial charge in [0.1, 0.15) is 5.75 Å². The van der Waals surface area contributed by atoms with Crippen molar-refractivity contribution in [3.63, 3.8) is 0 Å². The predicted molar refractivity (Wildman–Crippen MR) is 137 cm³/mol. The third-order valence-electron chi connectivity index (χ3n) is 6.63. The molecule has 1 aliphatic carbocycles. The molecule has 1 atom stereocenters. The van der Waals surface area contributed by atoms with Crippen LogP contribution in [-0.2, 0) is 16.0 Å². The van der Waals surface area contributed by atoms with E-state index in [1.54, 1.807) is 18.5 Å². The molecule has 35 heavy (non-hydrogen) atoms. The Morgan fingerprint density at radius 3 is 2.51 bits per heavy atom. The molecule has 1 amide bonds. The summed E-state index contributed by atoms with van der Waals surface area (Å²) in [7, 11) is 1.53. The number of carboxylic acid groups (broad SMARTS) is 1. The van der Waals surface area contributed by atoms with E-state index in [2.05, 4.69) is 10.3 Å². The van der Waals surface area contributed by atoms with E-state index in [0.29, 0.717) is 22.9 Å². The molecular formula is C28H29ClN2O4. The number of ether oxygens (including phenoxy) is 1. The minimum absolute atomic E-state index is 0.00699. The Hall–Kier alpha value is -3.38. The monoisotopic (exact) mass is 492 g/mol. The highest BCUT2D eigenvalue weighted by Gasteiger charge is 2.32. The number of carbonyl (C=O) groups excluding carboxylic acids is 1. The van der Waals surface area contributed by atoms with Crippen molar-refractivity contribution < 1.29 is 19.4 Å². The van der Waals surface area contributed by atoms with E-state index in [-0.39, 0.29) is 24.2 Å². The zero-order chi connectivity index (χ0) is 24.8. The van der Waals surface area contributed by atoms with Crippen molar-refractivity contribution in [2.45, 2.75) is 44.4 Å². The number of benzene rings is 2. The number of hydrogen-bond donors (Lipinski definition) is 2. The minimum atomic E-state index is -0.875. The van der Waals surface area contributed by atoms with E-state index < -0.39 is 5.97 Å². The quantitative estimate of drug-likeness (QED) is 0.364. The molecule has 1 fully saturated rings. The molecule has 2 N–H and O–H groups in total. The maximum Gasteiger partial charge on any atom is 0.303 e. The lowest BCUT2D eigenvalue weighted by molar-refractivity contribution is -0.137. The summed E-state index contributed by atoms with van der Waals surface area (Å²) < 4.78 is 5.57. The third-order valence-corrected chi connectivity index (χ3v) is 6.84. The topological polar surface area (TPSA) is 88.5 Å². The number of anilines is 1. The number of methoxy groups -OCH3 is 1. The predicted octanol–water partition coefficient (Wildman–Crippen LogP) is 6.34. The average Bonchev–Trinajstić information content (AvgIpc) is 3.37. The van der Waals surface area contributed by atoms with Gasteiger partial charge in [0, 0.05) is 24.4 Å². The van der Waals surface area contributed by atoms with Crippen LogP contribution in [0.1, 0.15) is 49.1 Å². The second-order valence-corrected chi connectivity index (χ2v) is 9.35. The summed E-state index contributed by atoms with van der Waals surface area (Å²) in [6.07, 6.45) is 7.95. The van der Waals surface area contributed by atoms with Crippen LogP contribution in [-0.4, -0.2) is 29.1 Å². The number of aliphatic carboxylic acids is 1. The molecule has 0 spiro atoms. The molecule has 4 rings (SSSR count). The Bertz CT molecular complexity index is 1190. The van der Waals surface area contributed by atoms with Crippen LogP contribution in [0.25, 0.3) is 11.1 Å². The standard InChI is InChI=1S/C28H29ClN2O4/c1-35-27-21(13-14-25(32)33)7-4-8-24(27)31-28(34)26(19-5-2-3-6-19)20-11-9-18(10-12-20)22-15-23(29)17-30-16-22/h4,7-12,15-17,19,26H,2-3,5-6,13-14H2,1H3,(H,31,34)(H,32,33). The van der Waals surface area contributed by atoms with Gasteiger partial charge in [-0.25, -0.2) is 0 Å². The second-order valence-electron chi connectivity index (χ2n) is 8.92. The number of hydrogen-bond acceptors (Lipinski definition) is 4. The summed E-state index contributed by atoms with van der Waals surface area (Å²) in [6.45, 7) is 0. The van der Waals surface area contributed by atoms with E-state index in [4.69, 9.17) is 21.4 Å². The summed E-state index contributed by atoms with van der Waals surface area (Å²) in [6, 6.07) is 15.3. The SMILES string of the molecule is COc1c(CCC(=O)O)cccc1NC(=O)C(c1ccc(-c2cncc(Cl)c2)cc1)C1CCCC1. The van der Waals surface area contributed by atoms with Gasteiger partial charge in [-0.05, 0) is 54.0 Å². The Balaban J connectivity index is 1.60. The van der Waals surface area contributed by atoms with Gasteiger partial charge in [-0.3, -0.25) is 14.6 Å². The fourth-order valence-corrected chi connectivity index (χ4v) is 5.13. The van der Waals surface area contributed by atoms with Crippen molar-refractivity contribution in [3.8, 4) is 16.9 Å². The van der Waals surface area contributed by atoms with E-state index in [1.165, 1.54) is 7.11 Å². The number of amides is 1. The van der Waals surface area contributed by atoms with Gasteiger partial charge in [-0.15, -0.1) is 0 Å². The first-order chi connectivity index (χ1) is 17.0. The number of carboxylic acids is 1. The third kappa shape index (κ3) is 6.01. The van der Waals surface area contributed by atoms with Gasteiger partial charge in [0.05, 0.1) is 23.7 Å². The number of pyridine rings is 1. The van der Waals surface area contributed by atoms with Gasteiger partial charge >= 0.3 is 5.97 Å². The van der Waals surface area contributed by atoms with Crippen molar-refractivity contribution in [3.05, 3.63) is 77.1 Å². The molecule has 1 aliphatic rings. The molecule has 1 heterocycles. The highest BCUT2D eigenvalue weighted by molar-refractivity contribution is 6.30. The number of aromatic nitrogens is 1. The van der Waals surface area contributed by atoms with E-state index in [0.717, 1.165) is 47.9 Å². The van der Waals surface area contributed by atoms with Crippen LogP contribution in [0, 0.1) is 5.92 Å². The number of aryl methyl sites for hydroxylation is 1. The van der Waals surface area contributed by atoms with Crippen LogP contribution in [0.5, 0.6) is 5.75 Å². The minimum Gasteiger partial charge on any atom is -0.494 e. The van der Waals surface area contributed by atoms with E-state index in [9.17, 15) is 9.59 Å². The van der Waals surface area contributed by atoms with E-state index in [1.807, 2.05) is 42.5 Å². The first-order valence-electron chi connectivity index (χ1n) is 11.9. The summed E-state index contributed by atoms with van der Waals surface area (Å²) in [5, 5.41) is 12.7. The second kappa shape index (κ2) is 11.4. The number of para-hydroxylation sites is 1. The molecule has 1 unspecified atom stereocenters.